The second-order valence-corrected chi connectivity index (χ2v) is 7.23. The Hall–Kier alpha value is -2.86. The Morgan fingerprint density at radius 2 is 2.04 bits per heavy atom. The zero-order valence-electron chi connectivity index (χ0n) is 14.7. The van der Waals surface area contributed by atoms with E-state index in [2.05, 4.69) is 32.7 Å². The molecule has 3 heterocycles. The summed E-state index contributed by atoms with van der Waals surface area (Å²) in [5, 5.41) is 8.39. The predicted molar refractivity (Wildman–Crippen MR) is 108 cm³/mol. The van der Waals surface area contributed by atoms with E-state index in [9.17, 15) is 4.79 Å². The molecule has 26 heavy (non-hydrogen) atoms. The molecule has 0 radical (unpaired) electrons. The number of aromatic nitrogens is 2. The molecule has 0 unspecified atom stereocenters. The van der Waals surface area contributed by atoms with Crippen LogP contribution in [0.5, 0.6) is 0 Å². The van der Waals surface area contributed by atoms with Gasteiger partial charge in [0, 0.05) is 41.8 Å². The van der Waals surface area contributed by atoms with Crippen molar-refractivity contribution in [3.8, 4) is 0 Å². The van der Waals surface area contributed by atoms with Crippen LogP contribution in [0, 0.1) is 6.92 Å². The summed E-state index contributed by atoms with van der Waals surface area (Å²) < 4.78 is 0. The maximum Gasteiger partial charge on any atom is 0.263 e. The number of pyridine rings is 1. The SMILES string of the molecule is CNc1c(C(=O)NCCc2c[nH]c3ccccc23)sc2nc(C)ccc12. The van der Waals surface area contributed by atoms with Gasteiger partial charge < -0.3 is 15.6 Å². The highest BCUT2D eigenvalue weighted by Gasteiger charge is 2.18. The van der Waals surface area contributed by atoms with Crippen LogP contribution in [0.2, 0.25) is 0 Å². The van der Waals surface area contributed by atoms with Crippen LogP contribution in [0.4, 0.5) is 5.69 Å². The molecule has 0 spiro atoms. The highest BCUT2D eigenvalue weighted by atomic mass is 32.1. The first-order valence-corrected chi connectivity index (χ1v) is 9.40. The van der Waals surface area contributed by atoms with E-state index in [-0.39, 0.29) is 5.91 Å². The number of fused-ring (bicyclic) bond motifs is 2. The molecular formula is C20H20N4OS. The highest BCUT2D eigenvalue weighted by molar-refractivity contribution is 7.21. The van der Waals surface area contributed by atoms with E-state index in [1.165, 1.54) is 22.3 Å². The van der Waals surface area contributed by atoms with Crippen LogP contribution in [0.15, 0.2) is 42.6 Å². The van der Waals surface area contributed by atoms with E-state index < -0.39 is 0 Å². The van der Waals surface area contributed by atoms with Crippen LogP contribution in [0.25, 0.3) is 21.1 Å². The van der Waals surface area contributed by atoms with E-state index in [1.807, 2.05) is 44.4 Å². The topological polar surface area (TPSA) is 69.8 Å². The number of carbonyl (C=O) groups excluding carboxylic acids is 1. The molecule has 0 aliphatic heterocycles. The number of thiophene rings is 1. The average Bonchev–Trinajstić information content (AvgIpc) is 3.22. The number of hydrogen-bond donors (Lipinski definition) is 3. The molecule has 132 valence electrons. The van der Waals surface area contributed by atoms with Gasteiger partial charge in [-0.3, -0.25) is 4.79 Å². The molecule has 4 aromatic rings. The van der Waals surface area contributed by atoms with Crippen molar-refractivity contribution in [2.24, 2.45) is 0 Å². The second kappa shape index (κ2) is 6.80. The van der Waals surface area contributed by atoms with Gasteiger partial charge in [-0.1, -0.05) is 18.2 Å². The number of aromatic amines is 1. The average molecular weight is 364 g/mol. The monoisotopic (exact) mass is 364 g/mol. The third-order valence-electron chi connectivity index (χ3n) is 4.51. The van der Waals surface area contributed by atoms with Gasteiger partial charge in [-0.15, -0.1) is 11.3 Å². The van der Waals surface area contributed by atoms with Crippen molar-refractivity contribution < 1.29 is 4.79 Å². The Balaban J connectivity index is 1.50. The fourth-order valence-corrected chi connectivity index (χ4v) is 4.35. The zero-order valence-corrected chi connectivity index (χ0v) is 15.5. The normalized spacial score (nSPS) is 11.2. The fraction of sp³-hybridized carbons (Fsp3) is 0.200. The summed E-state index contributed by atoms with van der Waals surface area (Å²) in [7, 11) is 1.84. The van der Waals surface area contributed by atoms with Crippen LogP contribution in [0.1, 0.15) is 20.9 Å². The van der Waals surface area contributed by atoms with Gasteiger partial charge in [0.2, 0.25) is 0 Å². The zero-order chi connectivity index (χ0) is 18.1. The van der Waals surface area contributed by atoms with Crippen molar-refractivity contribution >= 4 is 44.1 Å². The lowest BCUT2D eigenvalue weighted by Crippen LogP contribution is -2.25. The number of anilines is 1. The Bertz CT molecular complexity index is 1100. The molecule has 6 heteroatoms. The van der Waals surface area contributed by atoms with Gasteiger partial charge in [0.05, 0.1) is 5.69 Å². The highest BCUT2D eigenvalue weighted by Crippen LogP contribution is 2.34. The maximum absolute atomic E-state index is 12.7. The molecule has 4 rings (SSSR count). The molecule has 5 nitrogen and oxygen atoms in total. The Labute approximate surface area is 155 Å². The number of nitrogens with one attached hydrogen (secondary N) is 3. The molecule has 0 atom stereocenters. The van der Waals surface area contributed by atoms with Gasteiger partial charge in [0.25, 0.3) is 5.91 Å². The molecule has 0 saturated carbocycles. The van der Waals surface area contributed by atoms with Crippen molar-refractivity contribution in [2.45, 2.75) is 13.3 Å². The number of hydrogen-bond acceptors (Lipinski definition) is 4. The minimum atomic E-state index is -0.0603. The lowest BCUT2D eigenvalue weighted by atomic mass is 10.1. The quantitative estimate of drug-likeness (QED) is 0.499. The first-order chi connectivity index (χ1) is 12.7. The Morgan fingerprint density at radius 1 is 1.19 bits per heavy atom. The minimum Gasteiger partial charge on any atom is -0.386 e. The van der Waals surface area contributed by atoms with Crippen LogP contribution in [0.3, 0.4) is 0 Å². The Morgan fingerprint density at radius 3 is 2.88 bits per heavy atom. The summed E-state index contributed by atoms with van der Waals surface area (Å²) in [6, 6.07) is 12.2. The third kappa shape index (κ3) is 2.93. The summed E-state index contributed by atoms with van der Waals surface area (Å²) >= 11 is 1.43. The third-order valence-corrected chi connectivity index (χ3v) is 5.60. The summed E-state index contributed by atoms with van der Waals surface area (Å²) in [6.45, 7) is 2.55. The molecule has 0 bridgehead atoms. The first kappa shape index (κ1) is 16.6. The Kier molecular flexibility index (Phi) is 4.34. The van der Waals surface area contributed by atoms with Crippen molar-refractivity contribution in [3.63, 3.8) is 0 Å². The van der Waals surface area contributed by atoms with Crippen LogP contribution in [-0.4, -0.2) is 29.5 Å². The van der Waals surface area contributed by atoms with E-state index in [1.54, 1.807) is 0 Å². The minimum absolute atomic E-state index is 0.0603. The molecule has 0 aliphatic rings. The smallest absolute Gasteiger partial charge is 0.263 e. The number of rotatable bonds is 5. The van der Waals surface area contributed by atoms with Gasteiger partial charge in [-0.05, 0) is 37.1 Å². The van der Waals surface area contributed by atoms with Crippen molar-refractivity contribution in [1.29, 1.82) is 0 Å². The fourth-order valence-electron chi connectivity index (χ4n) is 3.21. The van der Waals surface area contributed by atoms with Crippen LogP contribution in [-0.2, 0) is 6.42 Å². The molecule has 0 fully saturated rings. The van der Waals surface area contributed by atoms with Crippen molar-refractivity contribution in [1.82, 2.24) is 15.3 Å². The molecular weight excluding hydrogens is 344 g/mol. The summed E-state index contributed by atoms with van der Waals surface area (Å²) in [5.41, 5.74) is 4.13. The van der Waals surface area contributed by atoms with Gasteiger partial charge >= 0.3 is 0 Å². The van der Waals surface area contributed by atoms with Crippen LogP contribution < -0.4 is 10.6 Å². The van der Waals surface area contributed by atoms with E-state index in [4.69, 9.17) is 0 Å². The lowest BCUT2D eigenvalue weighted by molar-refractivity contribution is 0.0959. The first-order valence-electron chi connectivity index (χ1n) is 8.58. The number of H-pyrrole nitrogens is 1. The summed E-state index contributed by atoms with van der Waals surface area (Å²) in [5.74, 6) is -0.0603. The van der Waals surface area contributed by atoms with E-state index >= 15 is 0 Å². The molecule has 1 aromatic carbocycles. The number of aryl methyl sites for hydroxylation is 1. The number of amides is 1. The second-order valence-electron chi connectivity index (χ2n) is 6.23. The van der Waals surface area contributed by atoms with Gasteiger partial charge in [-0.2, -0.15) is 0 Å². The molecule has 0 aliphatic carbocycles. The number of nitrogens with zero attached hydrogens (tertiary/aromatic N) is 1. The van der Waals surface area contributed by atoms with E-state index in [0.717, 1.165) is 33.5 Å². The van der Waals surface area contributed by atoms with Crippen molar-refractivity contribution in [2.75, 3.05) is 18.9 Å². The van der Waals surface area contributed by atoms with Crippen LogP contribution >= 0.6 is 11.3 Å². The summed E-state index contributed by atoms with van der Waals surface area (Å²) in [4.78, 5) is 22.1. The molecule has 0 saturated heterocycles. The largest absolute Gasteiger partial charge is 0.386 e. The molecule has 3 aromatic heterocycles. The lowest BCUT2D eigenvalue weighted by Gasteiger charge is -2.06. The van der Waals surface area contributed by atoms with Crippen molar-refractivity contribution in [3.05, 3.63) is 58.7 Å². The summed E-state index contributed by atoms with van der Waals surface area (Å²) in [6.07, 6.45) is 2.80. The number of benzene rings is 1. The molecule has 3 N–H and O–H groups in total. The van der Waals surface area contributed by atoms with E-state index in [0.29, 0.717) is 11.4 Å². The van der Waals surface area contributed by atoms with Gasteiger partial charge in [0.15, 0.2) is 0 Å². The number of carbonyl (C=O) groups is 1. The number of para-hydroxylation sites is 1. The van der Waals surface area contributed by atoms with Gasteiger partial charge in [-0.25, -0.2) is 4.98 Å². The predicted octanol–water partition coefficient (Wildman–Crippen LogP) is 4.10. The maximum atomic E-state index is 12.7. The standard InChI is InChI=1S/C20H20N4OS/c1-12-7-8-15-17(21-2)18(26-20(15)24-12)19(25)22-10-9-13-11-23-16-6-4-3-5-14(13)16/h3-8,11,21,23H,9-10H2,1-2H3,(H,22,25). The molecule has 1 amide bonds. The van der Waals surface area contributed by atoms with Gasteiger partial charge in [0.1, 0.15) is 9.71 Å².